The van der Waals surface area contributed by atoms with Gasteiger partial charge in [0.25, 0.3) is 10.7 Å². The van der Waals surface area contributed by atoms with Crippen molar-refractivity contribution in [3.8, 4) is 5.69 Å². The highest BCUT2D eigenvalue weighted by Gasteiger charge is 2.60. The van der Waals surface area contributed by atoms with Crippen molar-refractivity contribution in [3.05, 3.63) is 55.6 Å². The minimum absolute atomic E-state index is 0.0999. The zero-order chi connectivity index (χ0) is 29.0. The summed E-state index contributed by atoms with van der Waals surface area (Å²) in [5, 5.41) is -2.07. The smallest absolute Gasteiger partial charge is 0.370 e. The monoisotopic (exact) mass is 600 g/mol. The van der Waals surface area contributed by atoms with Gasteiger partial charge >= 0.3 is 27.8 Å². The summed E-state index contributed by atoms with van der Waals surface area (Å²) >= 11 is 6.67. The topological polar surface area (TPSA) is 151 Å². The second-order valence-electron chi connectivity index (χ2n) is 8.10. The lowest BCUT2D eigenvalue weighted by Crippen LogP contribution is -2.55. The van der Waals surface area contributed by atoms with Gasteiger partial charge in [-0.3, -0.25) is 14.2 Å². The van der Waals surface area contributed by atoms with E-state index in [4.69, 9.17) is 17.3 Å². The van der Waals surface area contributed by atoms with Crippen molar-refractivity contribution >= 4 is 56.1 Å². The number of aliphatic imine (C=N–C) groups is 1. The molecule has 38 heavy (non-hydrogen) atoms. The van der Waals surface area contributed by atoms with E-state index in [-0.39, 0.29) is 15.2 Å². The van der Waals surface area contributed by atoms with Gasteiger partial charge in [-0.2, -0.15) is 26.6 Å². The molecule has 0 spiro atoms. The number of carbonyl (C=O) groups is 2. The Balaban J connectivity index is 2.29. The number of quaternary nitrogens is 1. The highest BCUT2D eigenvalue weighted by molar-refractivity contribution is 8.16. The maximum Gasteiger partial charge on any atom is 0.431 e. The molecule has 1 fully saturated rings. The van der Waals surface area contributed by atoms with Crippen molar-refractivity contribution in [2.24, 2.45) is 17.8 Å². The Morgan fingerprint density at radius 2 is 1.84 bits per heavy atom. The lowest BCUT2D eigenvalue weighted by atomic mass is 10.2. The predicted octanol–water partition coefficient (Wildman–Crippen LogP) is 1.65. The van der Waals surface area contributed by atoms with Crippen LogP contribution < -0.4 is 17.0 Å². The van der Waals surface area contributed by atoms with Crippen LogP contribution in [0.3, 0.4) is 0 Å². The van der Waals surface area contributed by atoms with E-state index in [0.29, 0.717) is 17.8 Å². The average molecular weight is 601 g/mol. The highest BCUT2D eigenvalue weighted by atomic mass is 35.5. The number of sulfonamides is 1. The van der Waals surface area contributed by atoms with Crippen LogP contribution in [0, 0.1) is 5.82 Å². The Morgan fingerprint density at radius 1 is 1.24 bits per heavy atom. The lowest BCUT2D eigenvalue weighted by molar-refractivity contribution is -0.594. The zero-order valence-corrected chi connectivity index (χ0v) is 22.1. The Kier molecular flexibility index (Phi) is 7.73. The molecule has 1 aromatic heterocycles. The Bertz CT molecular complexity index is 1620. The van der Waals surface area contributed by atoms with Crippen molar-refractivity contribution in [1.29, 1.82) is 0 Å². The number of alkyl halides is 3. The second-order valence-corrected chi connectivity index (χ2v) is 12.2. The van der Waals surface area contributed by atoms with Crippen LogP contribution in [0.25, 0.3) is 5.69 Å². The number of nitrogens with zero attached hydrogens (tertiary/aromatic N) is 4. The molecule has 2 N–H and O–H groups in total. The Morgan fingerprint density at radius 3 is 2.37 bits per heavy atom. The van der Waals surface area contributed by atoms with E-state index in [9.17, 15) is 45.2 Å². The van der Waals surface area contributed by atoms with Crippen LogP contribution in [0.15, 0.2) is 32.8 Å². The first-order valence-corrected chi connectivity index (χ1v) is 13.3. The molecule has 1 aromatic carbocycles. The number of nitrogens with two attached hydrogens (primary N) is 1. The van der Waals surface area contributed by atoms with Crippen molar-refractivity contribution in [2.45, 2.75) is 24.8 Å². The van der Waals surface area contributed by atoms with E-state index in [0.717, 1.165) is 20.2 Å². The summed E-state index contributed by atoms with van der Waals surface area (Å²) in [7, 11) is -2.51. The number of hydrogen-bond acceptors (Lipinski definition) is 8. The fourth-order valence-electron chi connectivity index (χ4n) is 3.60. The summed E-state index contributed by atoms with van der Waals surface area (Å²) < 4.78 is 79.0. The molecule has 1 saturated heterocycles. The van der Waals surface area contributed by atoms with Gasteiger partial charge in [0.15, 0.2) is 0 Å². The number of amidine groups is 1. The summed E-state index contributed by atoms with van der Waals surface area (Å²) in [5.74, 6) is -3.62. The summed E-state index contributed by atoms with van der Waals surface area (Å²) in [6.07, 6.45) is -5.57. The van der Waals surface area contributed by atoms with E-state index in [1.807, 2.05) is 0 Å². The van der Waals surface area contributed by atoms with E-state index >= 15 is 0 Å². The first kappa shape index (κ1) is 29.5. The fraction of sp³-hybridized carbons (Fsp3) is 0.350. The van der Waals surface area contributed by atoms with Crippen molar-refractivity contribution < 1.29 is 39.5 Å². The van der Waals surface area contributed by atoms with E-state index in [1.165, 1.54) is 6.92 Å². The molecule has 2 amide bonds. The Hall–Kier alpha value is -3.02. The first-order chi connectivity index (χ1) is 17.4. The van der Waals surface area contributed by atoms with Crippen LogP contribution in [0.4, 0.5) is 23.2 Å². The van der Waals surface area contributed by atoms with Gasteiger partial charge in [-0.1, -0.05) is 11.6 Å². The number of rotatable bonds is 6. The van der Waals surface area contributed by atoms with Crippen molar-refractivity contribution in [3.63, 3.8) is 0 Å². The minimum Gasteiger partial charge on any atom is -0.370 e. The molecule has 3 rings (SSSR count). The maximum atomic E-state index is 14.8. The van der Waals surface area contributed by atoms with E-state index in [1.54, 1.807) is 0 Å². The molecule has 18 heteroatoms. The van der Waals surface area contributed by atoms with Gasteiger partial charge in [0, 0.05) is 13.1 Å². The van der Waals surface area contributed by atoms with Crippen LogP contribution in [0.5, 0.6) is 0 Å². The lowest BCUT2D eigenvalue weighted by Gasteiger charge is -2.24. The number of benzene rings is 1. The van der Waals surface area contributed by atoms with Crippen LogP contribution in [-0.4, -0.2) is 56.5 Å². The number of primary amides is 1. The van der Waals surface area contributed by atoms with Gasteiger partial charge in [0.1, 0.15) is 16.8 Å². The molecule has 1 aliphatic heterocycles. The largest absolute Gasteiger partial charge is 0.431 e. The highest BCUT2D eigenvalue weighted by Crippen LogP contribution is 2.40. The van der Waals surface area contributed by atoms with Crippen LogP contribution in [-0.2, 0) is 32.8 Å². The predicted molar refractivity (Wildman–Crippen MR) is 130 cm³/mol. The van der Waals surface area contributed by atoms with Crippen LogP contribution in [0.1, 0.15) is 19.0 Å². The Labute approximate surface area is 221 Å². The summed E-state index contributed by atoms with van der Waals surface area (Å²) in [4.78, 5) is 53.7. The molecule has 2 aromatic rings. The molecule has 0 saturated carbocycles. The molecule has 1 aliphatic rings. The summed E-state index contributed by atoms with van der Waals surface area (Å²) in [5.41, 5.74) is -0.697. The third-order valence-electron chi connectivity index (χ3n) is 5.70. The number of halogens is 5. The minimum atomic E-state index is -5.05. The molecule has 11 nitrogen and oxygen atoms in total. The van der Waals surface area contributed by atoms with Gasteiger partial charge in [0.2, 0.25) is 5.91 Å². The van der Waals surface area contributed by atoms with Crippen LogP contribution in [0.2, 0.25) is 5.02 Å². The van der Waals surface area contributed by atoms with Gasteiger partial charge < -0.3 is 5.73 Å². The number of aromatic nitrogens is 2. The third kappa shape index (κ3) is 4.90. The first-order valence-electron chi connectivity index (χ1n) is 10.4. The molecule has 206 valence electrons. The molecular weight excluding hydrogens is 582 g/mol. The molecule has 0 radical (unpaired) electrons. The van der Waals surface area contributed by atoms with Gasteiger partial charge in [0.05, 0.1) is 35.6 Å². The number of hydrogen-bond donors (Lipinski definition) is 1. The quantitative estimate of drug-likeness (QED) is 0.391. The molecular formula is C20H19ClF4N5O6S2+. The number of carbonyl (C=O) groups excluding carboxylic acids is 2. The molecule has 2 unspecified atom stereocenters. The SMILES string of the molecule is CCS(=O)(=O)[N+]1(C)C(=O)C(CC(N)=O)SC1=Nc1cc(-n2c(=O)cc(C(F)(F)F)n(C)c2=O)c(F)cc1Cl. The number of thioether (sulfide) groups is 1. The van der Waals surface area contributed by atoms with E-state index < -0.39 is 93.7 Å². The zero-order valence-electron chi connectivity index (χ0n) is 19.7. The second kappa shape index (κ2) is 9.94. The van der Waals surface area contributed by atoms with E-state index in [2.05, 4.69) is 4.99 Å². The summed E-state index contributed by atoms with van der Waals surface area (Å²) in [6.45, 7) is 1.27. The molecule has 2 heterocycles. The van der Waals surface area contributed by atoms with Crippen molar-refractivity contribution in [1.82, 2.24) is 9.13 Å². The molecule has 0 aliphatic carbocycles. The van der Waals surface area contributed by atoms with Gasteiger partial charge in [-0.15, -0.1) is 3.89 Å². The van der Waals surface area contributed by atoms with Gasteiger partial charge in [-0.25, -0.2) is 18.5 Å². The number of amides is 2. The maximum absolute atomic E-state index is 14.8. The average Bonchev–Trinajstić information content (AvgIpc) is 3.03. The third-order valence-corrected chi connectivity index (χ3v) is 9.63. The van der Waals surface area contributed by atoms with Gasteiger partial charge in [-0.05, 0) is 30.8 Å². The fourth-order valence-corrected chi connectivity index (χ4v) is 6.78. The standard InChI is InChI=1S/C20H18ClF4N5O6S2/c1-4-38(35,36)30(3)17(33)13(7-15(26)31)37-18(30)27-11-6-12(10(22)5-9(11)21)29-16(32)8-14(20(23,24)25)28(2)19(29)34/h5-6,8,13H,4,7H2,1-3H3,(H-,26,31)/p+1. The van der Waals surface area contributed by atoms with Crippen molar-refractivity contribution in [2.75, 3.05) is 12.8 Å². The normalized spacial score (nSPS) is 21.3. The molecule has 0 bridgehead atoms. The molecule has 2 atom stereocenters. The van der Waals surface area contributed by atoms with Crippen LogP contribution >= 0.6 is 23.4 Å². The summed E-state index contributed by atoms with van der Waals surface area (Å²) in [6, 6.07) is 1.46.